The van der Waals surface area contributed by atoms with Gasteiger partial charge >= 0.3 is 5.97 Å². The van der Waals surface area contributed by atoms with Crippen LogP contribution in [0, 0.1) is 23.7 Å². The van der Waals surface area contributed by atoms with Crippen molar-refractivity contribution in [3.63, 3.8) is 0 Å². The van der Waals surface area contributed by atoms with Gasteiger partial charge in [0.2, 0.25) is 0 Å². The van der Waals surface area contributed by atoms with Crippen LogP contribution in [-0.2, 0) is 35.1 Å². The molecule has 3 rings (SSSR count). The highest BCUT2D eigenvalue weighted by Gasteiger charge is 2.51. The zero-order valence-corrected chi connectivity index (χ0v) is 31.8. The van der Waals surface area contributed by atoms with Crippen LogP contribution in [0.4, 0.5) is 0 Å². The fraction of sp³-hybridized carbons (Fsp3) is 0.757. The van der Waals surface area contributed by atoms with Gasteiger partial charge in [0.25, 0.3) is 0 Å². The lowest BCUT2D eigenvalue weighted by Crippen LogP contribution is -2.60. The van der Waals surface area contributed by atoms with Crippen LogP contribution in [0.15, 0.2) is 29.3 Å². The summed E-state index contributed by atoms with van der Waals surface area (Å²) in [7, 11) is 5.29. The summed E-state index contributed by atoms with van der Waals surface area (Å²) in [6, 6.07) is 7.10. The number of aliphatic hydroxyl groups excluding tert-OH is 2. The maximum Gasteiger partial charge on any atom is 0.316 e. The fourth-order valence-corrected chi connectivity index (χ4v) is 7.74. The summed E-state index contributed by atoms with van der Waals surface area (Å²) in [6.07, 6.45) is -4.82. The summed E-state index contributed by atoms with van der Waals surface area (Å²) in [5.41, 5.74) is -1.70. The summed E-state index contributed by atoms with van der Waals surface area (Å²) < 4.78 is 24.8. The van der Waals surface area contributed by atoms with E-state index in [0.717, 1.165) is 5.56 Å². The van der Waals surface area contributed by atoms with Crippen LogP contribution in [0.5, 0.6) is 0 Å². The normalized spacial score (nSPS) is 41.1. The predicted molar refractivity (Wildman–Crippen MR) is 188 cm³/mol. The van der Waals surface area contributed by atoms with Crippen molar-refractivity contribution in [1.82, 2.24) is 4.90 Å². The first kappa shape index (κ1) is 41.5. The Hall–Kier alpha value is -1.96. The molecule has 0 spiro atoms. The lowest BCUT2D eigenvalue weighted by atomic mass is 9.74. The van der Waals surface area contributed by atoms with Gasteiger partial charge in [0, 0.05) is 35.7 Å². The van der Waals surface area contributed by atoms with Gasteiger partial charge in [-0.15, -0.1) is 0 Å². The number of ketones is 1. The number of benzene rings is 1. The number of carbonyl (C=O) groups is 2. The highest BCUT2D eigenvalue weighted by Crippen LogP contribution is 2.39. The smallest absolute Gasteiger partial charge is 0.316 e. The quantitative estimate of drug-likeness (QED) is 0.274. The van der Waals surface area contributed by atoms with Gasteiger partial charge in [0.05, 0.1) is 30.5 Å². The third-order valence-electron chi connectivity index (χ3n) is 10.7. The molecule has 13 atom stereocenters. The molecule has 0 aliphatic carbocycles. The van der Waals surface area contributed by atoms with Gasteiger partial charge in [-0.2, -0.15) is 0 Å². The Balaban J connectivity index is 2.19. The van der Waals surface area contributed by atoms with E-state index < -0.39 is 71.4 Å². The van der Waals surface area contributed by atoms with Gasteiger partial charge in [-0.05, 0) is 78.6 Å². The van der Waals surface area contributed by atoms with E-state index in [1.54, 1.807) is 26.8 Å². The van der Waals surface area contributed by atoms with Crippen molar-refractivity contribution in [1.29, 1.82) is 0 Å². The number of aliphatic hydroxyl groups is 3. The summed E-state index contributed by atoms with van der Waals surface area (Å²) in [5.74, 6) is -4.50. The number of esters is 1. The summed E-state index contributed by atoms with van der Waals surface area (Å²) in [4.78, 5) is 34.5. The zero-order valence-electron chi connectivity index (χ0n) is 31.1. The van der Waals surface area contributed by atoms with Crippen molar-refractivity contribution in [2.24, 2.45) is 28.7 Å². The van der Waals surface area contributed by atoms with E-state index in [1.165, 1.54) is 21.0 Å². The number of hydrogen-bond donors (Lipinski definition) is 3. The van der Waals surface area contributed by atoms with Crippen molar-refractivity contribution in [3.8, 4) is 0 Å². The minimum atomic E-state index is -1.88. The molecule has 12 heteroatoms. The van der Waals surface area contributed by atoms with E-state index in [2.05, 4.69) is 0 Å². The number of aliphatic imine (C=N–C) groups is 1. The largest absolute Gasteiger partial charge is 0.459 e. The number of carbonyl (C=O) groups excluding carboxylic acids is 2. The number of nitrogens with zero attached hydrogens (tertiary/aromatic N) is 2. The molecule has 11 nitrogen and oxygen atoms in total. The van der Waals surface area contributed by atoms with Crippen LogP contribution < -0.4 is 0 Å². The van der Waals surface area contributed by atoms with Crippen LogP contribution in [-0.4, -0.2) is 113 Å². The van der Waals surface area contributed by atoms with E-state index >= 15 is 0 Å². The predicted octanol–water partition coefficient (Wildman–Crippen LogP) is 4.45. The molecule has 0 amide bonds. The molecule has 0 aromatic heterocycles. The molecule has 2 aliphatic heterocycles. The summed E-state index contributed by atoms with van der Waals surface area (Å²) in [5, 5.41) is 35.5. The second-order valence-electron chi connectivity index (χ2n) is 14.8. The van der Waals surface area contributed by atoms with Gasteiger partial charge in [-0.3, -0.25) is 14.6 Å². The molecule has 1 unspecified atom stereocenters. The topological polar surface area (TPSA) is 147 Å². The van der Waals surface area contributed by atoms with Crippen molar-refractivity contribution in [2.75, 3.05) is 21.2 Å². The third-order valence-corrected chi connectivity index (χ3v) is 11.1. The average Bonchev–Trinajstić information content (AvgIpc) is 3.05. The Morgan fingerprint density at radius 3 is 2.27 bits per heavy atom. The van der Waals surface area contributed by atoms with Gasteiger partial charge in [0.15, 0.2) is 12.1 Å². The van der Waals surface area contributed by atoms with Gasteiger partial charge < -0.3 is 39.2 Å². The minimum absolute atomic E-state index is 0.191. The summed E-state index contributed by atoms with van der Waals surface area (Å²) >= 11 is 6.48. The number of Topliss-reactive ketones (excluding diaryl/α,β-unsaturated/α-hetero) is 1. The molecule has 1 aromatic carbocycles. The molecular formula is C37H59ClN2O9. The number of ether oxygens (including phenoxy) is 4. The first-order valence-corrected chi connectivity index (χ1v) is 17.8. The van der Waals surface area contributed by atoms with Crippen LogP contribution in [0.25, 0.3) is 0 Å². The van der Waals surface area contributed by atoms with Crippen LogP contribution in [0.2, 0.25) is 5.02 Å². The van der Waals surface area contributed by atoms with Crippen molar-refractivity contribution >= 4 is 29.1 Å². The molecule has 3 N–H and O–H groups in total. The number of rotatable bonds is 7. The maximum atomic E-state index is 14.1. The van der Waals surface area contributed by atoms with Crippen LogP contribution in [0.3, 0.4) is 0 Å². The zero-order chi connectivity index (χ0) is 37.0. The Bertz CT molecular complexity index is 1310. The number of hydrogen-bond acceptors (Lipinski definition) is 11. The number of halogens is 1. The molecule has 1 aromatic rings. The Morgan fingerprint density at radius 1 is 1.06 bits per heavy atom. The van der Waals surface area contributed by atoms with E-state index in [0.29, 0.717) is 17.2 Å². The molecule has 2 fully saturated rings. The van der Waals surface area contributed by atoms with Crippen LogP contribution >= 0.6 is 11.6 Å². The van der Waals surface area contributed by atoms with E-state index in [-0.39, 0.29) is 37.5 Å². The van der Waals surface area contributed by atoms with Crippen molar-refractivity contribution in [2.45, 2.75) is 135 Å². The number of cyclic esters (lactones) is 1. The second kappa shape index (κ2) is 17.0. The number of likely N-dealkylation sites (N-methyl/N-ethyl adjacent to an activating group) is 1. The average molecular weight is 711 g/mol. The fourth-order valence-electron chi connectivity index (χ4n) is 7.55. The molecule has 2 heterocycles. The van der Waals surface area contributed by atoms with E-state index in [4.69, 9.17) is 35.5 Å². The van der Waals surface area contributed by atoms with Gasteiger partial charge in [-0.1, -0.05) is 57.5 Å². The SMILES string of the molecule is CCC1OC(=O)[C@H](C)C(=O)[C@H](C)[C@@H](O[C@@H]2O[C@H](C)C[C@H](N(C)C)[C@H]2O)[C@](C)(OC)C[C@@H](C)C(=NCc2ccccc2Cl)[C@H](C)[C@@H](O)[C@]1(C)O. The van der Waals surface area contributed by atoms with Gasteiger partial charge in [-0.25, -0.2) is 0 Å². The molecule has 0 bridgehead atoms. The molecule has 0 saturated carbocycles. The summed E-state index contributed by atoms with van der Waals surface area (Å²) in [6.45, 7) is 14.0. The van der Waals surface area contributed by atoms with Crippen LogP contribution in [0.1, 0.15) is 80.2 Å². The van der Waals surface area contributed by atoms with Crippen molar-refractivity contribution in [3.05, 3.63) is 34.9 Å². The van der Waals surface area contributed by atoms with E-state index in [9.17, 15) is 24.9 Å². The molecule has 278 valence electrons. The monoisotopic (exact) mass is 710 g/mol. The Labute approximate surface area is 297 Å². The van der Waals surface area contributed by atoms with Crippen molar-refractivity contribution < 1.29 is 43.9 Å². The molecule has 2 saturated heterocycles. The molecule has 0 radical (unpaired) electrons. The Morgan fingerprint density at radius 2 is 1.69 bits per heavy atom. The standard InChI is InChI=1S/C37H59ClN2O9/c1-12-28-37(8,45)32(43)22(4)29(39-19-25-15-13-14-16-26(25)38)20(2)18-36(7,46-11)33(23(5)30(41)24(6)34(44)48-28)49-35-31(42)27(40(9)10)17-21(3)47-35/h13-16,20-24,27-28,31-33,35,42-43,45H,12,17-19H2,1-11H3/t20-,21-,22+,23+,24-,27+,28?,31-,32-,33-,35+,36-,37-/m1/s1. The highest BCUT2D eigenvalue weighted by molar-refractivity contribution is 6.31. The minimum Gasteiger partial charge on any atom is -0.459 e. The second-order valence-corrected chi connectivity index (χ2v) is 15.2. The van der Waals surface area contributed by atoms with Gasteiger partial charge in [0.1, 0.15) is 23.7 Å². The highest BCUT2D eigenvalue weighted by atomic mass is 35.5. The maximum absolute atomic E-state index is 14.1. The molecule has 2 aliphatic rings. The lowest BCUT2D eigenvalue weighted by Gasteiger charge is -2.47. The molecular weight excluding hydrogens is 652 g/mol. The van der Waals surface area contributed by atoms with E-state index in [1.807, 2.05) is 58.0 Å². The molecule has 49 heavy (non-hydrogen) atoms. The lowest BCUT2D eigenvalue weighted by molar-refractivity contribution is -0.295. The number of methoxy groups -OCH3 is 1. The third kappa shape index (κ3) is 9.29. The first-order valence-electron chi connectivity index (χ1n) is 17.4. The Kier molecular flexibility index (Phi) is 14.4. The first-order chi connectivity index (χ1) is 22.8.